The molecule has 0 bridgehead atoms. The molecule has 1 fully saturated rings. The van der Waals surface area contributed by atoms with Crippen LogP contribution in [0, 0.1) is 5.92 Å². The van der Waals surface area contributed by atoms with Crippen LogP contribution in [0.5, 0.6) is 5.75 Å². The SMILES string of the molecule is CCC1CCCC12CC(O)c1ccccc1O2. The second kappa shape index (κ2) is 4.02. The summed E-state index contributed by atoms with van der Waals surface area (Å²) in [5.74, 6) is 1.50. The van der Waals surface area contributed by atoms with E-state index in [0.29, 0.717) is 5.92 Å². The van der Waals surface area contributed by atoms with Crippen LogP contribution in [0.4, 0.5) is 0 Å². The Balaban J connectivity index is 1.97. The smallest absolute Gasteiger partial charge is 0.125 e. The van der Waals surface area contributed by atoms with Crippen molar-refractivity contribution >= 4 is 0 Å². The van der Waals surface area contributed by atoms with Gasteiger partial charge in [0, 0.05) is 12.0 Å². The molecule has 1 heterocycles. The van der Waals surface area contributed by atoms with Crippen LogP contribution in [0.25, 0.3) is 0 Å². The fourth-order valence-corrected chi connectivity index (χ4v) is 3.64. The van der Waals surface area contributed by atoms with E-state index < -0.39 is 0 Å². The minimum atomic E-state index is -0.355. The van der Waals surface area contributed by atoms with Crippen LogP contribution in [-0.2, 0) is 0 Å². The lowest BCUT2D eigenvalue weighted by atomic mass is 9.80. The zero-order valence-corrected chi connectivity index (χ0v) is 10.4. The average Bonchev–Trinajstić information content (AvgIpc) is 2.71. The monoisotopic (exact) mass is 232 g/mol. The first kappa shape index (κ1) is 11.1. The fraction of sp³-hybridized carbons (Fsp3) is 0.600. The van der Waals surface area contributed by atoms with Gasteiger partial charge in [0.25, 0.3) is 0 Å². The minimum absolute atomic E-state index is 0.0947. The topological polar surface area (TPSA) is 29.5 Å². The number of hydrogen-bond acceptors (Lipinski definition) is 2. The number of para-hydroxylation sites is 1. The van der Waals surface area contributed by atoms with Crippen molar-refractivity contribution in [2.45, 2.75) is 50.7 Å². The van der Waals surface area contributed by atoms with Gasteiger partial charge >= 0.3 is 0 Å². The highest BCUT2D eigenvalue weighted by molar-refractivity contribution is 5.38. The van der Waals surface area contributed by atoms with Crippen LogP contribution in [0.3, 0.4) is 0 Å². The molecule has 0 aromatic heterocycles. The highest BCUT2D eigenvalue weighted by Crippen LogP contribution is 2.50. The highest BCUT2D eigenvalue weighted by Gasteiger charge is 2.48. The molecule has 1 N–H and O–H groups in total. The van der Waals surface area contributed by atoms with Crippen molar-refractivity contribution in [3.05, 3.63) is 29.8 Å². The molecular weight excluding hydrogens is 212 g/mol. The summed E-state index contributed by atoms with van der Waals surface area (Å²) in [6.45, 7) is 2.23. The van der Waals surface area contributed by atoms with Crippen LogP contribution in [-0.4, -0.2) is 10.7 Å². The summed E-state index contributed by atoms with van der Waals surface area (Å²) in [5, 5.41) is 10.3. The number of aliphatic hydroxyl groups excluding tert-OH is 1. The quantitative estimate of drug-likeness (QED) is 0.803. The molecule has 1 aromatic rings. The summed E-state index contributed by atoms with van der Waals surface area (Å²) in [5.41, 5.74) is 0.863. The molecule has 1 aliphatic carbocycles. The standard InChI is InChI=1S/C15H20O2/c1-2-11-6-5-9-15(11)10-13(16)12-7-3-4-8-14(12)17-15/h3-4,7-8,11,13,16H,2,5-6,9-10H2,1H3. The first-order valence-corrected chi connectivity index (χ1v) is 6.71. The predicted octanol–water partition coefficient (Wildman–Crippen LogP) is 3.45. The molecular formula is C15H20O2. The molecule has 1 saturated carbocycles. The molecule has 17 heavy (non-hydrogen) atoms. The van der Waals surface area contributed by atoms with Gasteiger partial charge in [0.15, 0.2) is 0 Å². The number of fused-ring (bicyclic) bond motifs is 1. The van der Waals surface area contributed by atoms with Gasteiger partial charge in [-0.3, -0.25) is 0 Å². The Morgan fingerprint density at radius 3 is 3.06 bits per heavy atom. The second-order valence-corrected chi connectivity index (χ2v) is 5.42. The van der Waals surface area contributed by atoms with Crippen LogP contribution >= 0.6 is 0 Å². The van der Waals surface area contributed by atoms with Crippen molar-refractivity contribution in [2.75, 3.05) is 0 Å². The summed E-state index contributed by atoms with van der Waals surface area (Å²) in [7, 11) is 0. The van der Waals surface area contributed by atoms with Gasteiger partial charge in [-0.15, -0.1) is 0 Å². The zero-order chi connectivity index (χ0) is 11.9. The molecule has 0 radical (unpaired) electrons. The third-order valence-corrected chi connectivity index (χ3v) is 4.52. The molecule has 1 aliphatic heterocycles. The fourth-order valence-electron chi connectivity index (χ4n) is 3.64. The van der Waals surface area contributed by atoms with Gasteiger partial charge in [-0.05, 0) is 37.7 Å². The zero-order valence-electron chi connectivity index (χ0n) is 10.4. The third-order valence-electron chi connectivity index (χ3n) is 4.52. The molecule has 0 saturated heterocycles. The lowest BCUT2D eigenvalue weighted by Crippen LogP contribution is -2.44. The van der Waals surface area contributed by atoms with E-state index in [1.807, 2.05) is 24.3 Å². The van der Waals surface area contributed by atoms with E-state index in [-0.39, 0.29) is 11.7 Å². The summed E-state index contributed by atoms with van der Waals surface area (Å²) in [6.07, 6.45) is 5.12. The highest BCUT2D eigenvalue weighted by atomic mass is 16.5. The number of hydrogen-bond donors (Lipinski definition) is 1. The summed E-state index contributed by atoms with van der Waals surface area (Å²) in [4.78, 5) is 0. The lowest BCUT2D eigenvalue weighted by Gasteiger charge is -2.42. The Morgan fingerprint density at radius 1 is 1.41 bits per heavy atom. The van der Waals surface area contributed by atoms with Gasteiger partial charge in [-0.2, -0.15) is 0 Å². The Bertz CT molecular complexity index is 415. The molecule has 0 amide bonds. The van der Waals surface area contributed by atoms with Gasteiger partial charge in [0.05, 0.1) is 6.10 Å². The van der Waals surface area contributed by atoms with Crippen molar-refractivity contribution in [3.8, 4) is 5.75 Å². The van der Waals surface area contributed by atoms with Crippen molar-refractivity contribution in [2.24, 2.45) is 5.92 Å². The van der Waals surface area contributed by atoms with E-state index >= 15 is 0 Å². The van der Waals surface area contributed by atoms with Crippen LogP contribution < -0.4 is 4.74 Å². The van der Waals surface area contributed by atoms with Gasteiger partial charge < -0.3 is 9.84 Å². The molecule has 2 aliphatic rings. The molecule has 2 nitrogen and oxygen atoms in total. The maximum atomic E-state index is 10.3. The van der Waals surface area contributed by atoms with Gasteiger partial charge in [-0.25, -0.2) is 0 Å². The maximum Gasteiger partial charge on any atom is 0.125 e. The van der Waals surface area contributed by atoms with Crippen LogP contribution in [0.1, 0.15) is 50.7 Å². The number of rotatable bonds is 1. The van der Waals surface area contributed by atoms with E-state index in [0.717, 1.165) is 30.6 Å². The van der Waals surface area contributed by atoms with Crippen LogP contribution in [0.2, 0.25) is 0 Å². The first-order valence-electron chi connectivity index (χ1n) is 6.71. The molecule has 3 rings (SSSR count). The van der Waals surface area contributed by atoms with Crippen molar-refractivity contribution < 1.29 is 9.84 Å². The number of aliphatic hydroxyl groups is 1. The molecule has 92 valence electrons. The average molecular weight is 232 g/mol. The third kappa shape index (κ3) is 1.66. The molecule has 3 unspecified atom stereocenters. The maximum absolute atomic E-state index is 10.3. The van der Waals surface area contributed by atoms with Crippen molar-refractivity contribution in [1.82, 2.24) is 0 Å². The predicted molar refractivity (Wildman–Crippen MR) is 67.0 cm³/mol. The molecule has 1 aromatic carbocycles. The van der Waals surface area contributed by atoms with Crippen molar-refractivity contribution in [3.63, 3.8) is 0 Å². The van der Waals surface area contributed by atoms with Gasteiger partial charge in [-0.1, -0.05) is 25.1 Å². The Labute approximate surface area is 103 Å². The normalized spacial score (nSPS) is 35.6. The molecule has 3 atom stereocenters. The van der Waals surface area contributed by atoms with Crippen molar-refractivity contribution in [1.29, 1.82) is 0 Å². The number of ether oxygens (including phenoxy) is 1. The summed E-state index contributed by atoms with van der Waals surface area (Å²) in [6, 6.07) is 7.92. The largest absolute Gasteiger partial charge is 0.486 e. The minimum Gasteiger partial charge on any atom is -0.486 e. The van der Waals surface area contributed by atoms with E-state index in [4.69, 9.17) is 4.74 Å². The molecule has 1 spiro atoms. The second-order valence-electron chi connectivity index (χ2n) is 5.42. The number of benzene rings is 1. The summed E-state index contributed by atoms with van der Waals surface area (Å²) >= 11 is 0. The Kier molecular flexibility index (Phi) is 2.62. The van der Waals surface area contributed by atoms with E-state index in [2.05, 4.69) is 6.92 Å². The van der Waals surface area contributed by atoms with Gasteiger partial charge in [0.2, 0.25) is 0 Å². The van der Waals surface area contributed by atoms with E-state index in [1.165, 1.54) is 12.8 Å². The molecule has 2 heteroatoms. The van der Waals surface area contributed by atoms with E-state index in [1.54, 1.807) is 0 Å². The lowest BCUT2D eigenvalue weighted by molar-refractivity contribution is -0.0410. The van der Waals surface area contributed by atoms with E-state index in [9.17, 15) is 5.11 Å². The Morgan fingerprint density at radius 2 is 2.24 bits per heavy atom. The van der Waals surface area contributed by atoms with Gasteiger partial charge in [0.1, 0.15) is 11.4 Å². The first-order chi connectivity index (χ1) is 8.25. The Hall–Kier alpha value is -1.02. The van der Waals surface area contributed by atoms with Crippen LogP contribution in [0.15, 0.2) is 24.3 Å². The summed E-state index contributed by atoms with van der Waals surface area (Å²) < 4.78 is 6.29.